The van der Waals surface area contributed by atoms with Crippen molar-refractivity contribution in [1.29, 1.82) is 0 Å². The van der Waals surface area contributed by atoms with Crippen molar-refractivity contribution in [2.75, 3.05) is 39.4 Å². The van der Waals surface area contributed by atoms with Gasteiger partial charge in [0.25, 0.3) is 0 Å². The molecular formula is C14H27N3O3. The Bertz CT molecular complexity index is 323. The zero-order chi connectivity index (χ0) is 15.0. The maximum atomic E-state index is 12.4. The fraction of sp³-hybridized carbons (Fsp3) is 0.857. The van der Waals surface area contributed by atoms with E-state index in [1.807, 2.05) is 20.8 Å². The smallest absolute Gasteiger partial charge is 0.245 e. The van der Waals surface area contributed by atoms with Crippen LogP contribution in [0.25, 0.3) is 0 Å². The summed E-state index contributed by atoms with van der Waals surface area (Å²) in [5.74, 6) is -0.226. The van der Waals surface area contributed by atoms with Crippen molar-refractivity contribution >= 4 is 11.8 Å². The molecule has 1 saturated heterocycles. The van der Waals surface area contributed by atoms with E-state index in [0.29, 0.717) is 26.2 Å². The summed E-state index contributed by atoms with van der Waals surface area (Å²) in [5, 5.41) is 6.01. The predicted molar refractivity (Wildman–Crippen MR) is 77.3 cm³/mol. The number of nitrogens with zero attached hydrogens (tertiary/aromatic N) is 1. The van der Waals surface area contributed by atoms with Gasteiger partial charge in [-0.2, -0.15) is 0 Å². The second kappa shape index (κ2) is 8.92. The van der Waals surface area contributed by atoms with Crippen LogP contribution in [-0.4, -0.2) is 62.1 Å². The van der Waals surface area contributed by atoms with Crippen molar-refractivity contribution in [1.82, 2.24) is 15.5 Å². The maximum absolute atomic E-state index is 12.4. The Hall–Kier alpha value is -1.14. The first-order valence-electron chi connectivity index (χ1n) is 7.48. The maximum Gasteiger partial charge on any atom is 0.245 e. The van der Waals surface area contributed by atoms with Crippen molar-refractivity contribution in [2.24, 2.45) is 5.92 Å². The number of carbonyl (C=O) groups is 2. The molecule has 1 aliphatic rings. The lowest BCUT2D eigenvalue weighted by Gasteiger charge is -2.36. The van der Waals surface area contributed by atoms with E-state index in [4.69, 9.17) is 4.74 Å². The first-order valence-corrected chi connectivity index (χ1v) is 7.48. The highest BCUT2D eigenvalue weighted by Crippen LogP contribution is 2.12. The van der Waals surface area contributed by atoms with Crippen LogP contribution in [0.3, 0.4) is 0 Å². The van der Waals surface area contributed by atoms with Crippen LogP contribution in [0, 0.1) is 5.92 Å². The summed E-state index contributed by atoms with van der Waals surface area (Å²) in [7, 11) is 0. The fourth-order valence-electron chi connectivity index (χ4n) is 2.18. The van der Waals surface area contributed by atoms with Crippen molar-refractivity contribution in [3.63, 3.8) is 0 Å². The van der Waals surface area contributed by atoms with Crippen molar-refractivity contribution in [3.05, 3.63) is 0 Å². The SMILES string of the molecule is CCCNC(=O)C1COCCN1C(=O)C(C)CNCC. The Morgan fingerprint density at radius 3 is 2.80 bits per heavy atom. The molecule has 0 aromatic rings. The van der Waals surface area contributed by atoms with E-state index in [0.717, 1.165) is 13.0 Å². The molecule has 0 aliphatic carbocycles. The highest BCUT2D eigenvalue weighted by molar-refractivity contribution is 5.88. The van der Waals surface area contributed by atoms with Crippen LogP contribution in [-0.2, 0) is 14.3 Å². The van der Waals surface area contributed by atoms with Gasteiger partial charge < -0.3 is 20.3 Å². The molecule has 0 aromatic heterocycles. The molecule has 1 rings (SSSR count). The Morgan fingerprint density at radius 1 is 1.40 bits per heavy atom. The number of nitrogens with one attached hydrogen (secondary N) is 2. The van der Waals surface area contributed by atoms with Gasteiger partial charge in [-0.25, -0.2) is 0 Å². The van der Waals surface area contributed by atoms with Gasteiger partial charge in [0.1, 0.15) is 6.04 Å². The van der Waals surface area contributed by atoms with Crippen LogP contribution < -0.4 is 10.6 Å². The van der Waals surface area contributed by atoms with Gasteiger partial charge in [0.2, 0.25) is 11.8 Å². The molecule has 2 unspecified atom stereocenters. The number of hydrogen-bond acceptors (Lipinski definition) is 4. The van der Waals surface area contributed by atoms with Crippen molar-refractivity contribution in [3.8, 4) is 0 Å². The number of morpholine rings is 1. The summed E-state index contributed by atoms with van der Waals surface area (Å²) in [6, 6.07) is -0.494. The average molecular weight is 285 g/mol. The lowest BCUT2D eigenvalue weighted by atomic mass is 10.1. The van der Waals surface area contributed by atoms with Gasteiger partial charge in [-0.15, -0.1) is 0 Å². The van der Waals surface area contributed by atoms with Gasteiger partial charge >= 0.3 is 0 Å². The molecule has 0 saturated carbocycles. The Labute approximate surface area is 121 Å². The lowest BCUT2D eigenvalue weighted by molar-refractivity contribution is -0.151. The van der Waals surface area contributed by atoms with Crippen LogP contribution >= 0.6 is 0 Å². The largest absolute Gasteiger partial charge is 0.377 e. The molecule has 1 heterocycles. The van der Waals surface area contributed by atoms with Crippen LogP contribution in [0.5, 0.6) is 0 Å². The lowest BCUT2D eigenvalue weighted by Crippen LogP contribution is -2.57. The number of carbonyl (C=O) groups excluding carboxylic acids is 2. The Kier molecular flexibility index (Phi) is 7.54. The zero-order valence-corrected chi connectivity index (χ0v) is 12.8. The number of hydrogen-bond donors (Lipinski definition) is 2. The standard InChI is InChI=1S/C14H27N3O3/c1-4-6-16-13(18)12-10-20-8-7-17(12)14(19)11(3)9-15-5-2/h11-12,15H,4-10H2,1-3H3,(H,16,18). The molecule has 116 valence electrons. The molecule has 20 heavy (non-hydrogen) atoms. The molecule has 2 amide bonds. The van der Waals surface area contributed by atoms with Crippen LogP contribution in [0.2, 0.25) is 0 Å². The summed E-state index contributed by atoms with van der Waals surface area (Å²) in [4.78, 5) is 26.2. The highest BCUT2D eigenvalue weighted by atomic mass is 16.5. The van der Waals surface area contributed by atoms with Gasteiger partial charge in [0.05, 0.1) is 13.2 Å². The van der Waals surface area contributed by atoms with Gasteiger partial charge in [-0.05, 0) is 13.0 Å². The Balaban J connectivity index is 2.62. The van der Waals surface area contributed by atoms with E-state index in [1.165, 1.54) is 0 Å². The first kappa shape index (κ1) is 16.9. The third kappa shape index (κ3) is 4.76. The van der Waals surface area contributed by atoms with Crippen molar-refractivity contribution < 1.29 is 14.3 Å². The number of ether oxygens (including phenoxy) is 1. The minimum Gasteiger partial charge on any atom is -0.377 e. The monoisotopic (exact) mass is 285 g/mol. The molecule has 6 nitrogen and oxygen atoms in total. The molecule has 0 radical (unpaired) electrons. The van der Waals surface area contributed by atoms with E-state index in [2.05, 4.69) is 10.6 Å². The second-order valence-electron chi connectivity index (χ2n) is 5.12. The van der Waals surface area contributed by atoms with Gasteiger partial charge in [0, 0.05) is 25.6 Å². The Morgan fingerprint density at radius 2 is 2.15 bits per heavy atom. The topological polar surface area (TPSA) is 70.7 Å². The van der Waals surface area contributed by atoms with Crippen LogP contribution in [0.1, 0.15) is 27.2 Å². The predicted octanol–water partition coefficient (Wildman–Crippen LogP) is -0.0144. The quantitative estimate of drug-likeness (QED) is 0.690. The van der Waals surface area contributed by atoms with Gasteiger partial charge in [0.15, 0.2) is 0 Å². The molecule has 0 bridgehead atoms. The van der Waals surface area contributed by atoms with Crippen LogP contribution in [0.15, 0.2) is 0 Å². The van der Waals surface area contributed by atoms with E-state index in [-0.39, 0.29) is 24.3 Å². The summed E-state index contributed by atoms with van der Waals surface area (Å²) < 4.78 is 5.35. The number of rotatable bonds is 7. The minimum absolute atomic E-state index is 0.0194. The second-order valence-corrected chi connectivity index (χ2v) is 5.12. The molecule has 1 aliphatic heterocycles. The molecule has 2 N–H and O–H groups in total. The summed E-state index contributed by atoms with van der Waals surface area (Å²) >= 11 is 0. The molecule has 6 heteroatoms. The third-order valence-corrected chi connectivity index (χ3v) is 3.39. The molecule has 1 fully saturated rings. The summed E-state index contributed by atoms with van der Waals surface area (Å²) in [6.45, 7) is 9.26. The van der Waals surface area contributed by atoms with Crippen molar-refractivity contribution in [2.45, 2.75) is 33.2 Å². The minimum atomic E-state index is -0.494. The normalized spacial score (nSPS) is 20.6. The number of amides is 2. The van der Waals surface area contributed by atoms with Gasteiger partial charge in [-0.3, -0.25) is 9.59 Å². The van der Waals surface area contributed by atoms with E-state index < -0.39 is 6.04 Å². The zero-order valence-electron chi connectivity index (χ0n) is 12.8. The molecule has 0 aromatic carbocycles. The highest BCUT2D eigenvalue weighted by Gasteiger charge is 2.34. The molecule has 2 atom stereocenters. The summed E-state index contributed by atoms with van der Waals surface area (Å²) in [5.41, 5.74) is 0. The van der Waals surface area contributed by atoms with Crippen LogP contribution in [0.4, 0.5) is 0 Å². The first-order chi connectivity index (χ1) is 9.61. The molecular weight excluding hydrogens is 258 g/mol. The average Bonchev–Trinajstić information content (AvgIpc) is 2.49. The van der Waals surface area contributed by atoms with Gasteiger partial charge in [-0.1, -0.05) is 20.8 Å². The molecule has 0 spiro atoms. The van der Waals surface area contributed by atoms with E-state index in [9.17, 15) is 9.59 Å². The fourth-order valence-corrected chi connectivity index (χ4v) is 2.18. The third-order valence-electron chi connectivity index (χ3n) is 3.39. The summed E-state index contributed by atoms with van der Waals surface area (Å²) in [6.07, 6.45) is 0.879. The van der Waals surface area contributed by atoms with E-state index >= 15 is 0 Å². The van der Waals surface area contributed by atoms with E-state index in [1.54, 1.807) is 4.90 Å².